The number of amides is 1. The van der Waals surface area contributed by atoms with E-state index in [9.17, 15) is 9.90 Å². The maximum atomic E-state index is 12.3. The average Bonchev–Trinajstić information content (AvgIpc) is 3.19. The topological polar surface area (TPSA) is 67.2 Å². The first-order chi connectivity index (χ1) is 10.2. The number of nitrogens with one attached hydrogen (secondary N) is 1. The van der Waals surface area contributed by atoms with Crippen molar-refractivity contribution in [3.8, 4) is 5.82 Å². The minimum atomic E-state index is -0.448. The van der Waals surface area contributed by atoms with E-state index in [1.807, 2.05) is 35.2 Å². The maximum absolute atomic E-state index is 12.3. The van der Waals surface area contributed by atoms with Gasteiger partial charge in [0, 0.05) is 18.6 Å². The third-order valence-electron chi connectivity index (χ3n) is 4.12. The minimum absolute atomic E-state index is 0.00633. The van der Waals surface area contributed by atoms with Gasteiger partial charge in [0.15, 0.2) is 0 Å². The van der Waals surface area contributed by atoms with Crippen LogP contribution in [0.5, 0.6) is 0 Å². The summed E-state index contributed by atoms with van der Waals surface area (Å²) in [6.45, 7) is -0.00633. The SMILES string of the molecule is O=C(NC1(CO)CCCC1)c1ccc(-n2cccc2)nc1. The van der Waals surface area contributed by atoms with E-state index in [1.54, 1.807) is 12.3 Å². The molecule has 0 saturated heterocycles. The van der Waals surface area contributed by atoms with Crippen LogP contribution in [-0.2, 0) is 0 Å². The predicted molar refractivity (Wildman–Crippen MR) is 79.3 cm³/mol. The zero-order chi connectivity index (χ0) is 14.7. The molecule has 0 spiro atoms. The van der Waals surface area contributed by atoms with Gasteiger partial charge in [-0.1, -0.05) is 12.8 Å². The summed E-state index contributed by atoms with van der Waals surface area (Å²) in [7, 11) is 0. The van der Waals surface area contributed by atoms with Crippen molar-refractivity contribution in [2.24, 2.45) is 0 Å². The lowest BCUT2D eigenvalue weighted by Gasteiger charge is -2.27. The number of aliphatic hydroxyl groups is 1. The molecule has 21 heavy (non-hydrogen) atoms. The highest BCUT2D eigenvalue weighted by atomic mass is 16.3. The fourth-order valence-electron chi connectivity index (χ4n) is 2.85. The van der Waals surface area contributed by atoms with Gasteiger partial charge in [-0.05, 0) is 37.1 Å². The first-order valence-electron chi connectivity index (χ1n) is 7.25. The Morgan fingerprint density at radius 3 is 2.57 bits per heavy atom. The summed E-state index contributed by atoms with van der Waals surface area (Å²) in [4.78, 5) is 16.6. The lowest BCUT2D eigenvalue weighted by atomic mass is 9.98. The number of aliphatic hydroxyl groups excluding tert-OH is 1. The molecule has 5 heteroatoms. The molecule has 2 N–H and O–H groups in total. The fraction of sp³-hybridized carbons (Fsp3) is 0.375. The van der Waals surface area contributed by atoms with E-state index in [-0.39, 0.29) is 12.5 Å². The summed E-state index contributed by atoms with van der Waals surface area (Å²) in [5, 5.41) is 12.5. The van der Waals surface area contributed by atoms with Gasteiger partial charge in [0.25, 0.3) is 5.91 Å². The van der Waals surface area contributed by atoms with Gasteiger partial charge in [0.1, 0.15) is 5.82 Å². The Kier molecular flexibility index (Phi) is 3.75. The van der Waals surface area contributed by atoms with Crippen LogP contribution in [-0.4, -0.2) is 32.7 Å². The number of rotatable bonds is 4. The second-order valence-corrected chi connectivity index (χ2v) is 5.60. The van der Waals surface area contributed by atoms with Gasteiger partial charge in [-0.25, -0.2) is 4.98 Å². The molecule has 0 aliphatic heterocycles. The van der Waals surface area contributed by atoms with E-state index >= 15 is 0 Å². The molecule has 0 atom stereocenters. The number of carbonyl (C=O) groups excluding carboxylic acids is 1. The van der Waals surface area contributed by atoms with E-state index < -0.39 is 5.54 Å². The molecule has 2 aromatic rings. The molecule has 1 amide bonds. The smallest absolute Gasteiger partial charge is 0.253 e. The zero-order valence-electron chi connectivity index (χ0n) is 11.8. The van der Waals surface area contributed by atoms with Crippen molar-refractivity contribution in [3.05, 3.63) is 48.4 Å². The van der Waals surface area contributed by atoms with Gasteiger partial charge < -0.3 is 15.0 Å². The van der Waals surface area contributed by atoms with Crippen LogP contribution in [0.2, 0.25) is 0 Å². The lowest BCUT2D eigenvalue weighted by Crippen LogP contribution is -2.49. The molecule has 110 valence electrons. The summed E-state index contributed by atoms with van der Waals surface area (Å²) >= 11 is 0. The van der Waals surface area contributed by atoms with Gasteiger partial charge in [-0.15, -0.1) is 0 Å². The van der Waals surface area contributed by atoms with E-state index in [0.29, 0.717) is 5.56 Å². The van der Waals surface area contributed by atoms with Gasteiger partial charge in [-0.2, -0.15) is 0 Å². The molecule has 0 bridgehead atoms. The molecule has 2 heterocycles. The lowest BCUT2D eigenvalue weighted by molar-refractivity contribution is 0.0838. The van der Waals surface area contributed by atoms with Crippen LogP contribution >= 0.6 is 0 Å². The molecule has 1 fully saturated rings. The summed E-state index contributed by atoms with van der Waals surface area (Å²) in [6.07, 6.45) is 9.15. The highest BCUT2D eigenvalue weighted by Crippen LogP contribution is 2.29. The first kappa shape index (κ1) is 13.8. The number of hydrogen-bond acceptors (Lipinski definition) is 3. The number of aromatic nitrogens is 2. The van der Waals surface area contributed by atoms with Crippen molar-refractivity contribution in [3.63, 3.8) is 0 Å². The first-order valence-corrected chi connectivity index (χ1v) is 7.25. The van der Waals surface area contributed by atoms with Gasteiger partial charge >= 0.3 is 0 Å². The maximum Gasteiger partial charge on any atom is 0.253 e. The minimum Gasteiger partial charge on any atom is -0.394 e. The van der Waals surface area contributed by atoms with Crippen molar-refractivity contribution in [1.29, 1.82) is 0 Å². The van der Waals surface area contributed by atoms with Crippen molar-refractivity contribution in [2.75, 3.05) is 6.61 Å². The van der Waals surface area contributed by atoms with Crippen LogP contribution in [0.3, 0.4) is 0 Å². The molecule has 0 aromatic carbocycles. The Hall–Kier alpha value is -2.14. The van der Waals surface area contributed by atoms with E-state index in [1.165, 1.54) is 0 Å². The van der Waals surface area contributed by atoms with Crippen LogP contribution < -0.4 is 5.32 Å². The van der Waals surface area contributed by atoms with Crippen molar-refractivity contribution in [1.82, 2.24) is 14.9 Å². The van der Waals surface area contributed by atoms with E-state index in [4.69, 9.17) is 0 Å². The normalized spacial score (nSPS) is 16.8. The fourth-order valence-corrected chi connectivity index (χ4v) is 2.85. The predicted octanol–water partition coefficient (Wildman–Crippen LogP) is 1.91. The van der Waals surface area contributed by atoms with Gasteiger partial charge in [-0.3, -0.25) is 4.79 Å². The monoisotopic (exact) mass is 285 g/mol. The second kappa shape index (κ2) is 5.69. The average molecular weight is 285 g/mol. The number of carbonyl (C=O) groups is 1. The molecular formula is C16H19N3O2. The molecule has 0 unspecified atom stereocenters. The Bertz CT molecular complexity index is 599. The molecule has 1 saturated carbocycles. The van der Waals surface area contributed by atoms with Gasteiger partial charge in [0.2, 0.25) is 0 Å². The quantitative estimate of drug-likeness (QED) is 0.901. The van der Waals surface area contributed by atoms with Crippen molar-refractivity contribution >= 4 is 5.91 Å². The van der Waals surface area contributed by atoms with Crippen molar-refractivity contribution in [2.45, 2.75) is 31.2 Å². The highest BCUT2D eigenvalue weighted by Gasteiger charge is 2.34. The third-order valence-corrected chi connectivity index (χ3v) is 4.12. The van der Waals surface area contributed by atoms with Crippen LogP contribution in [0.15, 0.2) is 42.9 Å². The van der Waals surface area contributed by atoms with Crippen molar-refractivity contribution < 1.29 is 9.90 Å². The molecule has 5 nitrogen and oxygen atoms in total. The largest absolute Gasteiger partial charge is 0.394 e. The van der Waals surface area contributed by atoms with Crippen LogP contribution in [0.1, 0.15) is 36.0 Å². The van der Waals surface area contributed by atoms with Gasteiger partial charge in [0.05, 0.1) is 17.7 Å². The number of hydrogen-bond donors (Lipinski definition) is 2. The second-order valence-electron chi connectivity index (χ2n) is 5.60. The Morgan fingerprint density at radius 1 is 1.29 bits per heavy atom. The van der Waals surface area contributed by atoms with E-state index in [2.05, 4.69) is 10.3 Å². The molecular weight excluding hydrogens is 266 g/mol. The molecule has 0 radical (unpaired) electrons. The third kappa shape index (κ3) is 2.83. The summed E-state index contributed by atoms with van der Waals surface area (Å²) < 4.78 is 1.88. The Balaban J connectivity index is 1.73. The number of pyridine rings is 1. The molecule has 1 aliphatic carbocycles. The summed E-state index contributed by atoms with van der Waals surface area (Å²) in [6, 6.07) is 7.42. The zero-order valence-corrected chi connectivity index (χ0v) is 11.8. The number of nitrogens with zero attached hydrogens (tertiary/aromatic N) is 2. The van der Waals surface area contributed by atoms with Crippen LogP contribution in [0.25, 0.3) is 5.82 Å². The summed E-state index contributed by atoms with van der Waals surface area (Å²) in [5.74, 6) is 0.604. The van der Waals surface area contributed by atoms with Crippen LogP contribution in [0.4, 0.5) is 0 Å². The Labute approximate surface area is 123 Å². The standard InChI is InChI=1S/C16H19N3O2/c20-12-16(7-1-2-8-16)18-15(21)13-5-6-14(17-11-13)19-9-3-4-10-19/h3-6,9-11,20H,1-2,7-8,12H2,(H,18,21). The van der Waals surface area contributed by atoms with E-state index in [0.717, 1.165) is 31.5 Å². The Morgan fingerprint density at radius 2 is 2.00 bits per heavy atom. The molecule has 1 aliphatic rings. The van der Waals surface area contributed by atoms with Crippen LogP contribution in [0, 0.1) is 0 Å². The summed E-state index contributed by atoms with van der Waals surface area (Å²) in [5.41, 5.74) is 0.0709. The molecule has 3 rings (SSSR count). The molecule has 2 aromatic heterocycles. The highest BCUT2D eigenvalue weighted by molar-refractivity contribution is 5.94.